The maximum absolute atomic E-state index is 12.2. The number of ether oxygens (including phenoxy) is 5. The Morgan fingerprint density at radius 2 is 1.93 bits per heavy atom. The topological polar surface area (TPSA) is 90.0 Å². The van der Waals surface area contributed by atoms with Gasteiger partial charge in [0.15, 0.2) is 0 Å². The normalized spacial score (nSPS) is 62.1. The zero-order valence-corrected chi connectivity index (χ0v) is 16.6. The minimum absolute atomic E-state index is 0.00437. The highest BCUT2D eigenvalue weighted by molar-refractivity contribution is 5.93. The molecule has 8 aliphatic rings. The van der Waals surface area contributed by atoms with Crippen molar-refractivity contribution in [1.82, 2.24) is 0 Å². The standard InChI is InChI=1S/C21H26O7/c1-8(2)20-14(27-20)15-21(28-15)18(3)5-10(22)12-9(7-25-16(12)23)13(18)11-6-19(21,26-11)17(20)24-4/h8,10-11,13-15,17,22H,5-7H2,1-4H3/t10?,11?,13-,14+,15+,17+,18+,19-,20+,21-/m1/s1. The number of rotatable bonds is 2. The molecule has 152 valence electrons. The van der Waals surface area contributed by atoms with Gasteiger partial charge in [-0.15, -0.1) is 0 Å². The van der Waals surface area contributed by atoms with Crippen LogP contribution in [0.2, 0.25) is 0 Å². The lowest BCUT2D eigenvalue weighted by atomic mass is 9.41. The molecule has 5 aliphatic heterocycles. The van der Waals surface area contributed by atoms with Crippen molar-refractivity contribution in [3.8, 4) is 0 Å². The van der Waals surface area contributed by atoms with Crippen molar-refractivity contribution in [3.05, 3.63) is 11.1 Å². The molecular weight excluding hydrogens is 364 g/mol. The van der Waals surface area contributed by atoms with Gasteiger partial charge in [0, 0.05) is 24.9 Å². The van der Waals surface area contributed by atoms with Crippen molar-refractivity contribution in [2.24, 2.45) is 17.3 Å². The highest BCUT2D eigenvalue weighted by atomic mass is 16.7. The van der Waals surface area contributed by atoms with Crippen LogP contribution < -0.4 is 0 Å². The first-order valence-electron chi connectivity index (χ1n) is 10.4. The Morgan fingerprint density at radius 3 is 2.61 bits per heavy atom. The van der Waals surface area contributed by atoms with Crippen LogP contribution in [-0.2, 0) is 28.5 Å². The van der Waals surface area contributed by atoms with E-state index in [1.807, 2.05) is 0 Å². The number of hydrogen-bond donors (Lipinski definition) is 1. The van der Waals surface area contributed by atoms with Gasteiger partial charge in [0.25, 0.3) is 0 Å². The summed E-state index contributed by atoms with van der Waals surface area (Å²) in [7, 11) is 1.74. The van der Waals surface area contributed by atoms with Crippen molar-refractivity contribution in [2.45, 2.75) is 80.9 Å². The van der Waals surface area contributed by atoms with Gasteiger partial charge in [0.05, 0.1) is 17.8 Å². The number of methoxy groups -OCH3 is 1. The molecule has 1 N–H and O–H groups in total. The summed E-state index contributed by atoms with van der Waals surface area (Å²) in [6, 6.07) is 0. The molecule has 6 fully saturated rings. The van der Waals surface area contributed by atoms with E-state index in [2.05, 4.69) is 20.8 Å². The fourth-order valence-corrected chi connectivity index (χ4v) is 8.34. The second kappa shape index (κ2) is 4.37. The van der Waals surface area contributed by atoms with E-state index in [1.165, 1.54) is 0 Å². The van der Waals surface area contributed by atoms with E-state index < -0.39 is 17.3 Å². The smallest absolute Gasteiger partial charge is 0.337 e. The Labute approximate surface area is 163 Å². The number of carbonyl (C=O) groups is 1. The van der Waals surface area contributed by atoms with E-state index in [0.29, 0.717) is 17.9 Å². The molecule has 5 heterocycles. The van der Waals surface area contributed by atoms with E-state index >= 15 is 0 Å². The first kappa shape index (κ1) is 16.8. The van der Waals surface area contributed by atoms with Crippen molar-refractivity contribution in [3.63, 3.8) is 0 Å². The molecule has 4 saturated heterocycles. The summed E-state index contributed by atoms with van der Waals surface area (Å²) in [6.45, 7) is 6.80. The van der Waals surface area contributed by atoms with Crippen LogP contribution in [0.25, 0.3) is 0 Å². The summed E-state index contributed by atoms with van der Waals surface area (Å²) < 4.78 is 31.0. The Bertz CT molecular complexity index is 859. The monoisotopic (exact) mass is 390 g/mol. The summed E-state index contributed by atoms with van der Waals surface area (Å²) in [5, 5.41) is 10.9. The zero-order chi connectivity index (χ0) is 19.4. The third-order valence-corrected chi connectivity index (χ3v) is 9.27. The molecule has 0 aromatic carbocycles. The lowest BCUT2D eigenvalue weighted by Gasteiger charge is -2.70. The second-order valence-corrected chi connectivity index (χ2v) is 10.3. The highest BCUT2D eigenvalue weighted by Gasteiger charge is 2.98. The third-order valence-electron chi connectivity index (χ3n) is 9.27. The average Bonchev–Trinajstić information content (AvgIpc) is 3.46. The Balaban J connectivity index is 1.41. The van der Waals surface area contributed by atoms with Crippen molar-refractivity contribution in [2.75, 3.05) is 13.7 Å². The third kappa shape index (κ3) is 1.31. The number of carbonyl (C=O) groups excluding carboxylic acids is 1. The molecule has 28 heavy (non-hydrogen) atoms. The highest BCUT2D eigenvalue weighted by Crippen LogP contribution is 2.82. The molecule has 10 atom stereocenters. The van der Waals surface area contributed by atoms with Gasteiger partial charge in [-0.3, -0.25) is 0 Å². The van der Waals surface area contributed by atoms with Crippen LogP contribution in [0, 0.1) is 17.3 Å². The fourth-order valence-electron chi connectivity index (χ4n) is 8.34. The Morgan fingerprint density at radius 1 is 1.18 bits per heavy atom. The Kier molecular flexibility index (Phi) is 2.62. The van der Waals surface area contributed by atoms with Crippen LogP contribution in [0.4, 0.5) is 0 Å². The molecule has 2 unspecified atom stereocenters. The van der Waals surface area contributed by atoms with Crippen LogP contribution in [0.3, 0.4) is 0 Å². The number of aliphatic hydroxyl groups is 1. The number of epoxide rings is 2. The van der Waals surface area contributed by atoms with E-state index in [4.69, 9.17) is 23.7 Å². The predicted octanol–water partition coefficient (Wildman–Crippen LogP) is 0.728. The van der Waals surface area contributed by atoms with Crippen molar-refractivity contribution >= 4 is 5.97 Å². The minimum Gasteiger partial charge on any atom is -0.458 e. The molecule has 0 radical (unpaired) electrons. The number of aliphatic hydroxyl groups excluding tert-OH is 1. The first-order valence-corrected chi connectivity index (χ1v) is 10.4. The molecular formula is C21H26O7. The molecule has 7 nitrogen and oxygen atoms in total. The van der Waals surface area contributed by atoms with Gasteiger partial charge in [-0.05, 0) is 17.9 Å². The molecule has 3 aliphatic carbocycles. The van der Waals surface area contributed by atoms with Crippen molar-refractivity contribution in [1.29, 1.82) is 0 Å². The van der Waals surface area contributed by atoms with Crippen LogP contribution >= 0.6 is 0 Å². The van der Waals surface area contributed by atoms with Gasteiger partial charge >= 0.3 is 5.97 Å². The van der Waals surface area contributed by atoms with Crippen LogP contribution in [-0.4, -0.2) is 72.1 Å². The summed E-state index contributed by atoms with van der Waals surface area (Å²) in [5.74, 6) is -0.0689. The molecule has 8 rings (SSSR count). The fraction of sp³-hybridized carbons (Fsp3) is 0.857. The molecule has 0 aromatic heterocycles. The van der Waals surface area contributed by atoms with Crippen LogP contribution in [0.5, 0.6) is 0 Å². The van der Waals surface area contributed by atoms with Crippen LogP contribution in [0.1, 0.15) is 33.6 Å². The number of esters is 1. The number of fused-ring (bicyclic) bond motifs is 2. The number of cyclic esters (lactones) is 1. The lowest BCUT2D eigenvalue weighted by molar-refractivity contribution is -0.371. The quantitative estimate of drug-likeness (QED) is 0.549. The van der Waals surface area contributed by atoms with Gasteiger partial charge in [0.1, 0.15) is 41.7 Å². The molecule has 2 bridgehead atoms. The summed E-state index contributed by atoms with van der Waals surface area (Å²) in [4.78, 5) is 12.2. The lowest BCUT2D eigenvalue weighted by Crippen LogP contribution is -2.84. The van der Waals surface area contributed by atoms with Crippen molar-refractivity contribution < 1.29 is 33.6 Å². The molecule has 0 aromatic rings. The molecule has 7 heteroatoms. The number of hydrogen-bond acceptors (Lipinski definition) is 7. The second-order valence-electron chi connectivity index (χ2n) is 10.3. The molecule has 2 spiro atoms. The van der Waals surface area contributed by atoms with E-state index in [1.54, 1.807) is 7.11 Å². The SMILES string of the molecule is CO[C@@H]1[C@@]2(C(C)C)O[C@H]2[C@@H]2O[C@@]23[C@@]2(C)CC(O)C4=C(COC4=O)[C@@H]2C2C[C@@]13O2. The van der Waals surface area contributed by atoms with Gasteiger partial charge in [-0.1, -0.05) is 20.8 Å². The minimum atomic E-state index is -0.821. The maximum atomic E-state index is 12.2. The van der Waals surface area contributed by atoms with E-state index in [0.717, 1.165) is 12.0 Å². The predicted molar refractivity (Wildman–Crippen MR) is 93.3 cm³/mol. The zero-order valence-electron chi connectivity index (χ0n) is 16.6. The maximum Gasteiger partial charge on any atom is 0.337 e. The van der Waals surface area contributed by atoms with E-state index in [9.17, 15) is 9.90 Å². The van der Waals surface area contributed by atoms with Crippen LogP contribution in [0.15, 0.2) is 11.1 Å². The first-order chi connectivity index (χ1) is 13.3. The summed E-state index contributed by atoms with van der Waals surface area (Å²) >= 11 is 0. The Hall–Kier alpha value is -0.990. The summed E-state index contributed by atoms with van der Waals surface area (Å²) in [6.07, 6.45) is 0.210. The van der Waals surface area contributed by atoms with Gasteiger partial charge < -0.3 is 28.8 Å². The average molecular weight is 390 g/mol. The molecule has 2 saturated carbocycles. The van der Waals surface area contributed by atoms with Gasteiger partial charge in [0.2, 0.25) is 0 Å². The van der Waals surface area contributed by atoms with Gasteiger partial charge in [-0.2, -0.15) is 0 Å². The van der Waals surface area contributed by atoms with Gasteiger partial charge in [-0.25, -0.2) is 4.79 Å². The largest absolute Gasteiger partial charge is 0.458 e. The summed E-state index contributed by atoms with van der Waals surface area (Å²) in [5.41, 5.74) is -0.447. The van der Waals surface area contributed by atoms with E-state index in [-0.39, 0.29) is 53.9 Å². The molecule has 0 amide bonds.